The fourth-order valence-corrected chi connectivity index (χ4v) is 3.80. The van der Waals surface area contributed by atoms with Crippen LogP contribution in [0.5, 0.6) is 11.5 Å². The predicted molar refractivity (Wildman–Crippen MR) is 135 cm³/mol. The molecule has 0 aliphatic heterocycles. The van der Waals surface area contributed by atoms with Crippen molar-refractivity contribution in [3.8, 4) is 11.5 Å². The molecule has 0 aliphatic carbocycles. The first-order valence-corrected chi connectivity index (χ1v) is 11.9. The molecular formula is C25H24BrClN4O3. The standard InChI is InChI=1S/C25H24BrClN4O3/c1-16-25(27)17(2)31(30-16)13-12-24-29-28-23(34-24)11-5-18-4-10-22(32-3)19(14-18)15-33-21-8-6-20(26)7-9-21/h4-11,14H,12-13,15H2,1-3H3/b11-5-. The zero-order valence-corrected chi connectivity index (χ0v) is 21.4. The van der Waals surface area contributed by atoms with Gasteiger partial charge in [-0.2, -0.15) is 5.10 Å². The maximum absolute atomic E-state index is 6.21. The van der Waals surface area contributed by atoms with E-state index in [1.807, 2.05) is 67.1 Å². The lowest BCUT2D eigenvalue weighted by molar-refractivity contribution is 0.296. The lowest BCUT2D eigenvalue weighted by Gasteiger charge is -2.11. The maximum atomic E-state index is 6.21. The molecular weight excluding hydrogens is 520 g/mol. The Labute approximate surface area is 211 Å². The van der Waals surface area contributed by atoms with Crippen LogP contribution in [-0.2, 0) is 19.6 Å². The van der Waals surface area contributed by atoms with Crippen molar-refractivity contribution in [2.45, 2.75) is 33.4 Å². The van der Waals surface area contributed by atoms with Gasteiger partial charge in [-0.15, -0.1) is 10.2 Å². The molecule has 2 aromatic carbocycles. The summed E-state index contributed by atoms with van der Waals surface area (Å²) in [7, 11) is 1.65. The van der Waals surface area contributed by atoms with Gasteiger partial charge in [-0.25, -0.2) is 0 Å². The van der Waals surface area contributed by atoms with Gasteiger partial charge in [0.1, 0.15) is 18.1 Å². The summed E-state index contributed by atoms with van der Waals surface area (Å²) >= 11 is 9.64. The lowest BCUT2D eigenvalue weighted by Crippen LogP contribution is -2.05. The molecule has 0 atom stereocenters. The summed E-state index contributed by atoms with van der Waals surface area (Å²) in [6.07, 6.45) is 4.28. The number of rotatable bonds is 9. The molecule has 0 spiro atoms. The number of aromatic nitrogens is 4. The van der Waals surface area contributed by atoms with Gasteiger partial charge in [-0.1, -0.05) is 33.6 Å². The Bertz CT molecular complexity index is 1300. The highest BCUT2D eigenvalue weighted by atomic mass is 79.9. The largest absolute Gasteiger partial charge is 0.496 e. The summed E-state index contributed by atoms with van der Waals surface area (Å²) in [6, 6.07) is 13.6. The van der Waals surface area contributed by atoms with E-state index in [-0.39, 0.29) is 0 Å². The predicted octanol–water partition coefficient (Wildman–Crippen LogP) is 6.30. The Morgan fingerprint density at radius 1 is 1.09 bits per heavy atom. The number of aryl methyl sites for hydroxylation is 3. The molecule has 4 rings (SSSR count). The minimum Gasteiger partial charge on any atom is -0.496 e. The van der Waals surface area contributed by atoms with Gasteiger partial charge in [0, 0.05) is 29.1 Å². The third-order valence-electron chi connectivity index (χ3n) is 5.24. The Morgan fingerprint density at radius 2 is 1.88 bits per heavy atom. The maximum Gasteiger partial charge on any atom is 0.240 e. The van der Waals surface area contributed by atoms with Crippen molar-refractivity contribution in [1.82, 2.24) is 20.0 Å². The fourth-order valence-electron chi connectivity index (χ4n) is 3.40. The van der Waals surface area contributed by atoms with Gasteiger partial charge < -0.3 is 13.9 Å². The van der Waals surface area contributed by atoms with Gasteiger partial charge in [0.15, 0.2) is 0 Å². The molecule has 2 heterocycles. The molecule has 0 radical (unpaired) electrons. The van der Waals surface area contributed by atoms with Crippen LogP contribution in [0.1, 0.15) is 34.3 Å². The van der Waals surface area contributed by atoms with Crippen LogP contribution >= 0.6 is 27.5 Å². The van der Waals surface area contributed by atoms with Gasteiger partial charge in [0.2, 0.25) is 11.8 Å². The van der Waals surface area contributed by atoms with Gasteiger partial charge in [0.05, 0.1) is 23.5 Å². The molecule has 0 saturated heterocycles. The van der Waals surface area contributed by atoms with Crippen molar-refractivity contribution in [2.75, 3.05) is 7.11 Å². The van der Waals surface area contributed by atoms with Crippen molar-refractivity contribution >= 4 is 39.7 Å². The van der Waals surface area contributed by atoms with Crippen molar-refractivity contribution in [3.63, 3.8) is 0 Å². The van der Waals surface area contributed by atoms with Gasteiger partial charge in [-0.3, -0.25) is 4.68 Å². The van der Waals surface area contributed by atoms with Crippen LogP contribution in [0, 0.1) is 13.8 Å². The molecule has 0 fully saturated rings. The second-order valence-electron chi connectivity index (χ2n) is 7.64. The van der Waals surface area contributed by atoms with Crippen LogP contribution in [0.2, 0.25) is 5.02 Å². The highest BCUT2D eigenvalue weighted by Gasteiger charge is 2.11. The Kier molecular flexibility index (Phi) is 7.70. The number of nitrogens with zero attached hydrogens (tertiary/aromatic N) is 4. The number of benzene rings is 2. The van der Waals surface area contributed by atoms with Crippen molar-refractivity contribution in [3.05, 3.63) is 86.3 Å². The fraction of sp³-hybridized carbons (Fsp3) is 0.240. The lowest BCUT2D eigenvalue weighted by atomic mass is 10.1. The van der Waals surface area contributed by atoms with Crippen LogP contribution in [0.25, 0.3) is 12.2 Å². The van der Waals surface area contributed by atoms with E-state index in [0.717, 1.165) is 38.5 Å². The minimum absolute atomic E-state index is 0.382. The number of halogens is 2. The van der Waals surface area contributed by atoms with Crippen molar-refractivity contribution in [2.24, 2.45) is 0 Å². The zero-order chi connectivity index (χ0) is 24.1. The first kappa shape index (κ1) is 24.0. The molecule has 7 nitrogen and oxygen atoms in total. The minimum atomic E-state index is 0.382. The summed E-state index contributed by atoms with van der Waals surface area (Å²) < 4.78 is 20.0. The summed E-state index contributed by atoms with van der Waals surface area (Å²) in [4.78, 5) is 0. The molecule has 0 amide bonds. The van der Waals surface area contributed by atoms with Crippen LogP contribution in [0.4, 0.5) is 0 Å². The molecule has 0 N–H and O–H groups in total. The quantitative estimate of drug-likeness (QED) is 0.247. The number of ether oxygens (including phenoxy) is 2. The molecule has 0 bridgehead atoms. The van der Waals surface area contributed by atoms with E-state index in [0.29, 0.717) is 36.4 Å². The monoisotopic (exact) mass is 542 g/mol. The summed E-state index contributed by atoms with van der Waals surface area (Å²) in [5.74, 6) is 2.53. The number of methoxy groups -OCH3 is 1. The molecule has 9 heteroatoms. The van der Waals surface area contributed by atoms with Gasteiger partial charge in [-0.05, 0) is 61.9 Å². The van der Waals surface area contributed by atoms with E-state index in [4.69, 9.17) is 25.5 Å². The normalized spacial score (nSPS) is 11.3. The van der Waals surface area contributed by atoms with Crippen LogP contribution < -0.4 is 9.47 Å². The Morgan fingerprint density at radius 3 is 2.59 bits per heavy atom. The van der Waals surface area contributed by atoms with Crippen molar-refractivity contribution < 1.29 is 13.9 Å². The van der Waals surface area contributed by atoms with Crippen molar-refractivity contribution in [1.29, 1.82) is 0 Å². The highest BCUT2D eigenvalue weighted by molar-refractivity contribution is 9.10. The average molecular weight is 544 g/mol. The van der Waals surface area contributed by atoms with E-state index in [1.54, 1.807) is 13.2 Å². The third-order valence-corrected chi connectivity index (χ3v) is 6.32. The summed E-state index contributed by atoms with van der Waals surface area (Å²) in [5.41, 5.74) is 3.64. The molecule has 34 heavy (non-hydrogen) atoms. The van der Waals surface area contributed by atoms with E-state index in [2.05, 4.69) is 31.2 Å². The second kappa shape index (κ2) is 10.9. The third kappa shape index (κ3) is 5.87. The molecule has 2 aromatic heterocycles. The van der Waals surface area contributed by atoms with Gasteiger partial charge in [0.25, 0.3) is 0 Å². The van der Waals surface area contributed by atoms with Gasteiger partial charge >= 0.3 is 0 Å². The summed E-state index contributed by atoms with van der Waals surface area (Å²) in [5, 5.41) is 13.4. The number of hydrogen-bond acceptors (Lipinski definition) is 6. The zero-order valence-electron chi connectivity index (χ0n) is 19.1. The Balaban J connectivity index is 1.40. The molecule has 4 aromatic rings. The van der Waals surface area contributed by atoms with Crippen LogP contribution in [0.15, 0.2) is 51.4 Å². The molecule has 0 aliphatic rings. The summed E-state index contributed by atoms with van der Waals surface area (Å²) in [6.45, 7) is 4.83. The first-order chi connectivity index (χ1) is 16.4. The average Bonchev–Trinajstić information content (AvgIpc) is 3.40. The highest BCUT2D eigenvalue weighted by Crippen LogP contribution is 2.24. The molecule has 0 unspecified atom stereocenters. The first-order valence-electron chi connectivity index (χ1n) is 10.7. The van der Waals surface area contributed by atoms with E-state index in [9.17, 15) is 0 Å². The van der Waals surface area contributed by atoms with Crippen LogP contribution in [0.3, 0.4) is 0 Å². The SMILES string of the molecule is COc1ccc(/C=C\c2nnc(CCn3nc(C)c(Cl)c3C)o2)cc1COc1ccc(Br)cc1. The van der Waals surface area contributed by atoms with E-state index < -0.39 is 0 Å². The van der Waals surface area contributed by atoms with E-state index >= 15 is 0 Å². The smallest absolute Gasteiger partial charge is 0.240 e. The van der Waals surface area contributed by atoms with Crippen LogP contribution in [-0.4, -0.2) is 27.1 Å². The molecule has 0 saturated carbocycles. The number of hydrogen-bond donors (Lipinski definition) is 0. The topological polar surface area (TPSA) is 75.2 Å². The van der Waals surface area contributed by atoms with E-state index in [1.165, 1.54) is 0 Å². The molecule has 176 valence electrons. The second-order valence-corrected chi connectivity index (χ2v) is 8.93. The Hall–Kier alpha value is -3.10.